The molecule has 0 spiro atoms. The maximum Gasteiger partial charge on any atom is 0.138 e. The smallest absolute Gasteiger partial charge is 0.138 e. The third kappa shape index (κ3) is 2.01. The molecule has 3 rings (SSSR count). The first-order valence-corrected chi connectivity index (χ1v) is 7.47. The highest BCUT2D eigenvalue weighted by Crippen LogP contribution is 2.26. The largest absolute Gasteiger partial charge is 0.369 e. The Balaban J connectivity index is 1.75. The monoisotopic (exact) mass is 251 g/mol. The summed E-state index contributed by atoms with van der Waals surface area (Å²) in [5.74, 6) is 4.38. The molecule has 0 saturated carbocycles. The number of aromatic nitrogens is 2. The van der Waals surface area contributed by atoms with Crippen LogP contribution in [0.15, 0.2) is 17.8 Å². The van der Waals surface area contributed by atoms with Crippen LogP contribution in [0, 0.1) is 5.92 Å². The number of thioether (sulfide) groups is 1. The van der Waals surface area contributed by atoms with Crippen molar-refractivity contribution >= 4 is 39.1 Å². The minimum Gasteiger partial charge on any atom is -0.369 e. The first-order chi connectivity index (χ1) is 7.93. The SMILES string of the molecule is c1nc(NCC2CCSC2)c2ccsc2n1. The fourth-order valence-corrected chi connectivity index (χ4v) is 3.93. The van der Waals surface area contributed by atoms with E-state index < -0.39 is 0 Å². The molecule has 0 aliphatic carbocycles. The lowest BCUT2D eigenvalue weighted by Gasteiger charge is -2.10. The second-order valence-corrected chi connectivity index (χ2v) is 6.02. The number of rotatable bonds is 3. The normalized spacial score (nSPS) is 20.4. The van der Waals surface area contributed by atoms with Gasteiger partial charge >= 0.3 is 0 Å². The summed E-state index contributed by atoms with van der Waals surface area (Å²) in [6.07, 6.45) is 2.97. The van der Waals surface area contributed by atoms with Crippen molar-refractivity contribution in [2.24, 2.45) is 5.92 Å². The van der Waals surface area contributed by atoms with Crippen LogP contribution in [0.1, 0.15) is 6.42 Å². The number of nitrogens with zero attached hydrogens (tertiary/aromatic N) is 2. The summed E-state index contributed by atoms with van der Waals surface area (Å²) in [7, 11) is 0. The fraction of sp³-hybridized carbons (Fsp3) is 0.455. The van der Waals surface area contributed by atoms with Crippen molar-refractivity contribution < 1.29 is 0 Å². The van der Waals surface area contributed by atoms with Crippen molar-refractivity contribution in [1.82, 2.24) is 9.97 Å². The molecule has 1 N–H and O–H groups in total. The van der Waals surface area contributed by atoms with E-state index in [9.17, 15) is 0 Å². The molecule has 0 aromatic carbocycles. The Bertz CT molecular complexity index is 477. The van der Waals surface area contributed by atoms with Gasteiger partial charge in [0.05, 0.1) is 5.39 Å². The summed E-state index contributed by atoms with van der Waals surface area (Å²) in [5.41, 5.74) is 0. The van der Waals surface area contributed by atoms with E-state index in [1.54, 1.807) is 17.7 Å². The van der Waals surface area contributed by atoms with Crippen molar-refractivity contribution in [3.05, 3.63) is 17.8 Å². The van der Waals surface area contributed by atoms with Crippen LogP contribution in [0.25, 0.3) is 10.2 Å². The van der Waals surface area contributed by atoms with E-state index in [0.29, 0.717) is 0 Å². The van der Waals surface area contributed by atoms with Crippen molar-refractivity contribution in [3.8, 4) is 0 Å². The molecular formula is C11H13N3S2. The van der Waals surface area contributed by atoms with E-state index in [2.05, 4.69) is 38.5 Å². The highest BCUT2D eigenvalue weighted by molar-refractivity contribution is 7.99. The van der Waals surface area contributed by atoms with Gasteiger partial charge in [-0.2, -0.15) is 11.8 Å². The van der Waals surface area contributed by atoms with Crippen LogP contribution in [0.3, 0.4) is 0 Å². The van der Waals surface area contributed by atoms with Crippen LogP contribution in [-0.4, -0.2) is 28.0 Å². The van der Waals surface area contributed by atoms with E-state index >= 15 is 0 Å². The standard InChI is InChI=1S/C11H13N3S2/c1-3-15-6-8(1)5-12-10-9-2-4-16-11(9)14-7-13-10/h2,4,7-8H,1,3,5-6H2,(H,12,13,14). The maximum absolute atomic E-state index is 4.32. The summed E-state index contributed by atoms with van der Waals surface area (Å²) in [6, 6.07) is 2.09. The molecule has 0 amide bonds. The number of hydrogen-bond acceptors (Lipinski definition) is 5. The van der Waals surface area contributed by atoms with Gasteiger partial charge in [0.15, 0.2) is 0 Å². The second-order valence-electron chi connectivity index (χ2n) is 3.97. The summed E-state index contributed by atoms with van der Waals surface area (Å²) < 4.78 is 0. The van der Waals surface area contributed by atoms with Gasteiger partial charge in [0.2, 0.25) is 0 Å². The molecule has 2 aromatic rings. The molecule has 1 saturated heterocycles. The van der Waals surface area contributed by atoms with Crippen molar-refractivity contribution in [2.75, 3.05) is 23.4 Å². The zero-order valence-corrected chi connectivity index (χ0v) is 10.5. The van der Waals surface area contributed by atoms with Gasteiger partial charge in [-0.3, -0.25) is 0 Å². The minimum atomic E-state index is 0.800. The van der Waals surface area contributed by atoms with Crippen LogP contribution in [0.2, 0.25) is 0 Å². The van der Waals surface area contributed by atoms with E-state index in [0.717, 1.165) is 28.5 Å². The summed E-state index contributed by atoms with van der Waals surface area (Å²) in [4.78, 5) is 9.63. The molecule has 3 heterocycles. The van der Waals surface area contributed by atoms with Gasteiger partial charge in [-0.05, 0) is 35.3 Å². The average Bonchev–Trinajstić information content (AvgIpc) is 2.97. The highest BCUT2D eigenvalue weighted by Gasteiger charge is 2.15. The van der Waals surface area contributed by atoms with E-state index in [-0.39, 0.29) is 0 Å². The Morgan fingerprint density at radius 3 is 3.31 bits per heavy atom. The van der Waals surface area contributed by atoms with Crippen LogP contribution in [0.4, 0.5) is 5.82 Å². The molecule has 3 nitrogen and oxygen atoms in total. The minimum absolute atomic E-state index is 0.800. The fourth-order valence-electron chi connectivity index (χ4n) is 1.92. The van der Waals surface area contributed by atoms with Gasteiger partial charge < -0.3 is 5.32 Å². The maximum atomic E-state index is 4.32. The lowest BCUT2D eigenvalue weighted by molar-refractivity contribution is 0.631. The van der Waals surface area contributed by atoms with Gasteiger partial charge in [0.1, 0.15) is 17.0 Å². The number of anilines is 1. The van der Waals surface area contributed by atoms with Gasteiger partial charge in [-0.1, -0.05) is 0 Å². The van der Waals surface area contributed by atoms with Crippen molar-refractivity contribution in [1.29, 1.82) is 0 Å². The Hall–Kier alpha value is -0.810. The van der Waals surface area contributed by atoms with Crippen LogP contribution in [0.5, 0.6) is 0 Å². The molecule has 16 heavy (non-hydrogen) atoms. The Labute approximate surface area is 103 Å². The van der Waals surface area contributed by atoms with Crippen LogP contribution >= 0.6 is 23.1 Å². The number of thiophene rings is 1. The lowest BCUT2D eigenvalue weighted by Crippen LogP contribution is -2.14. The van der Waals surface area contributed by atoms with Gasteiger partial charge in [-0.25, -0.2) is 9.97 Å². The molecule has 84 valence electrons. The first kappa shape index (κ1) is 10.4. The highest BCUT2D eigenvalue weighted by atomic mass is 32.2. The van der Waals surface area contributed by atoms with Crippen LogP contribution in [-0.2, 0) is 0 Å². The molecule has 0 bridgehead atoms. The average molecular weight is 251 g/mol. The van der Waals surface area contributed by atoms with Gasteiger partial charge in [0, 0.05) is 6.54 Å². The number of nitrogens with one attached hydrogen (secondary N) is 1. The van der Waals surface area contributed by atoms with Crippen molar-refractivity contribution in [3.63, 3.8) is 0 Å². The second kappa shape index (κ2) is 4.59. The Morgan fingerprint density at radius 2 is 2.44 bits per heavy atom. The molecule has 1 fully saturated rings. The Kier molecular flexibility index (Phi) is 2.97. The Morgan fingerprint density at radius 1 is 1.44 bits per heavy atom. The summed E-state index contributed by atoms with van der Waals surface area (Å²) >= 11 is 3.72. The first-order valence-electron chi connectivity index (χ1n) is 5.43. The molecular weight excluding hydrogens is 238 g/mol. The molecule has 1 atom stereocenters. The van der Waals surface area contributed by atoms with E-state index in [1.165, 1.54) is 17.9 Å². The molecule has 1 aliphatic rings. The van der Waals surface area contributed by atoms with Gasteiger partial charge in [-0.15, -0.1) is 11.3 Å². The van der Waals surface area contributed by atoms with Gasteiger partial charge in [0.25, 0.3) is 0 Å². The zero-order chi connectivity index (χ0) is 10.8. The third-order valence-electron chi connectivity index (χ3n) is 2.84. The third-order valence-corrected chi connectivity index (χ3v) is 4.90. The lowest BCUT2D eigenvalue weighted by atomic mass is 10.1. The predicted octanol–water partition coefficient (Wildman–Crippen LogP) is 2.86. The van der Waals surface area contributed by atoms with Crippen molar-refractivity contribution in [2.45, 2.75) is 6.42 Å². The predicted molar refractivity (Wildman–Crippen MR) is 71.3 cm³/mol. The topological polar surface area (TPSA) is 37.8 Å². The molecule has 5 heteroatoms. The zero-order valence-electron chi connectivity index (χ0n) is 8.85. The summed E-state index contributed by atoms with van der Waals surface area (Å²) in [6.45, 7) is 1.04. The molecule has 1 unspecified atom stereocenters. The molecule has 2 aromatic heterocycles. The number of fused-ring (bicyclic) bond motifs is 1. The molecule has 0 radical (unpaired) electrons. The van der Waals surface area contributed by atoms with E-state index in [4.69, 9.17) is 0 Å². The van der Waals surface area contributed by atoms with Crippen LogP contribution < -0.4 is 5.32 Å². The quantitative estimate of drug-likeness (QED) is 0.910. The summed E-state index contributed by atoms with van der Waals surface area (Å²) in [5, 5.41) is 6.67. The van der Waals surface area contributed by atoms with E-state index in [1.807, 2.05) is 0 Å². The number of hydrogen-bond donors (Lipinski definition) is 1. The molecule has 1 aliphatic heterocycles.